The lowest BCUT2D eigenvalue weighted by atomic mass is 9.92. The van der Waals surface area contributed by atoms with E-state index >= 15 is 0 Å². The molecule has 5 rings (SSSR count). The molecule has 162 valence electrons. The van der Waals surface area contributed by atoms with Gasteiger partial charge in [-0.15, -0.1) is 0 Å². The standard InChI is InChI=1S/C26H22BrClFN3/c27-20-8-6-18(7-9-20)25(26-30-23-14-21(28)22(29)15-24(23)31-26)19-10-12-32(13-11-19)16-17-4-2-1-3-5-17/h1-9,14-15H,10-13,16H2,(H,30,31). The summed E-state index contributed by atoms with van der Waals surface area (Å²) in [5.41, 5.74) is 6.23. The van der Waals surface area contributed by atoms with Crippen molar-refractivity contribution in [1.82, 2.24) is 14.9 Å². The van der Waals surface area contributed by atoms with Gasteiger partial charge in [0.25, 0.3) is 0 Å². The highest BCUT2D eigenvalue weighted by atomic mass is 79.9. The largest absolute Gasteiger partial charge is 0.338 e. The Morgan fingerprint density at radius 3 is 2.47 bits per heavy atom. The number of nitrogens with one attached hydrogen (secondary N) is 1. The number of piperidine rings is 1. The number of halogens is 3. The molecule has 32 heavy (non-hydrogen) atoms. The van der Waals surface area contributed by atoms with Crippen LogP contribution < -0.4 is 0 Å². The lowest BCUT2D eigenvalue weighted by molar-refractivity contribution is 0.248. The van der Waals surface area contributed by atoms with E-state index in [1.54, 1.807) is 6.07 Å². The van der Waals surface area contributed by atoms with E-state index in [2.05, 4.69) is 68.3 Å². The Hall–Kier alpha value is -2.47. The van der Waals surface area contributed by atoms with Crippen molar-refractivity contribution >= 4 is 44.1 Å². The van der Waals surface area contributed by atoms with Gasteiger partial charge in [0, 0.05) is 35.7 Å². The van der Waals surface area contributed by atoms with Crippen LogP contribution in [0.4, 0.5) is 4.39 Å². The summed E-state index contributed by atoms with van der Waals surface area (Å²) in [5, 5.41) is 0.0858. The van der Waals surface area contributed by atoms with Crippen LogP contribution in [0.15, 0.2) is 76.8 Å². The number of aromatic amines is 1. The first kappa shape index (κ1) is 21.4. The zero-order valence-corrected chi connectivity index (χ0v) is 19.8. The van der Waals surface area contributed by atoms with E-state index in [9.17, 15) is 4.39 Å². The number of hydrogen-bond acceptors (Lipinski definition) is 2. The van der Waals surface area contributed by atoms with Crippen LogP contribution in [-0.2, 0) is 6.54 Å². The maximum atomic E-state index is 14.0. The highest BCUT2D eigenvalue weighted by Gasteiger charge is 2.21. The van der Waals surface area contributed by atoms with Crippen molar-refractivity contribution in [2.24, 2.45) is 0 Å². The molecule has 0 atom stereocenters. The second-order valence-corrected chi connectivity index (χ2v) is 9.44. The molecule has 1 aliphatic heterocycles. The second kappa shape index (κ2) is 9.18. The Morgan fingerprint density at radius 1 is 1.03 bits per heavy atom. The average molecular weight is 511 g/mol. The molecular weight excluding hydrogens is 489 g/mol. The van der Waals surface area contributed by atoms with E-state index < -0.39 is 5.82 Å². The van der Waals surface area contributed by atoms with Gasteiger partial charge in [0.2, 0.25) is 0 Å². The zero-order valence-electron chi connectivity index (χ0n) is 17.4. The molecule has 1 fully saturated rings. The van der Waals surface area contributed by atoms with E-state index in [0.29, 0.717) is 11.0 Å². The topological polar surface area (TPSA) is 31.9 Å². The third-order valence-corrected chi connectivity index (χ3v) is 6.77. The Labute approximate surface area is 200 Å². The number of rotatable bonds is 4. The molecule has 2 heterocycles. The molecule has 0 radical (unpaired) electrons. The fraction of sp³-hybridized carbons (Fsp3) is 0.192. The number of imidazole rings is 1. The van der Waals surface area contributed by atoms with Gasteiger partial charge in [-0.2, -0.15) is 0 Å². The lowest BCUT2D eigenvalue weighted by Crippen LogP contribution is -2.30. The number of hydrogen-bond donors (Lipinski definition) is 1. The van der Waals surface area contributed by atoms with Crippen LogP contribution in [0, 0.1) is 5.82 Å². The van der Waals surface area contributed by atoms with Gasteiger partial charge in [-0.3, -0.25) is 4.90 Å². The molecule has 0 amide bonds. The summed E-state index contributed by atoms with van der Waals surface area (Å²) in [7, 11) is 0. The van der Waals surface area contributed by atoms with Crippen LogP contribution in [0.3, 0.4) is 0 Å². The molecule has 6 heteroatoms. The van der Waals surface area contributed by atoms with Crippen LogP contribution in [-0.4, -0.2) is 28.0 Å². The van der Waals surface area contributed by atoms with Crippen LogP contribution in [0.2, 0.25) is 5.02 Å². The van der Waals surface area contributed by atoms with E-state index in [1.807, 2.05) is 12.1 Å². The molecule has 0 bridgehead atoms. The first-order chi connectivity index (χ1) is 15.6. The van der Waals surface area contributed by atoms with Crippen LogP contribution in [0.5, 0.6) is 0 Å². The summed E-state index contributed by atoms with van der Waals surface area (Å²) in [6.45, 7) is 2.94. The van der Waals surface area contributed by atoms with E-state index in [4.69, 9.17) is 16.6 Å². The molecule has 3 aromatic carbocycles. The number of fused-ring (bicyclic) bond motifs is 1. The van der Waals surface area contributed by atoms with Crippen molar-refractivity contribution in [3.8, 4) is 0 Å². The summed E-state index contributed by atoms with van der Waals surface area (Å²) in [6.07, 6.45) is 1.93. The molecular formula is C26H22BrClFN3. The van der Waals surface area contributed by atoms with Crippen molar-refractivity contribution in [2.45, 2.75) is 19.4 Å². The highest BCUT2D eigenvalue weighted by Crippen LogP contribution is 2.33. The summed E-state index contributed by atoms with van der Waals surface area (Å²) < 4.78 is 15.0. The first-order valence-corrected chi connectivity index (χ1v) is 11.8. The lowest BCUT2D eigenvalue weighted by Gasteiger charge is -2.29. The monoisotopic (exact) mass is 509 g/mol. The molecule has 1 saturated heterocycles. The van der Waals surface area contributed by atoms with E-state index in [0.717, 1.165) is 53.9 Å². The van der Waals surface area contributed by atoms with E-state index in [-0.39, 0.29) is 5.02 Å². The Morgan fingerprint density at radius 2 is 1.75 bits per heavy atom. The molecule has 0 saturated carbocycles. The minimum Gasteiger partial charge on any atom is -0.338 e. The van der Waals surface area contributed by atoms with Gasteiger partial charge in [-0.25, -0.2) is 9.37 Å². The summed E-state index contributed by atoms with van der Waals surface area (Å²) in [4.78, 5) is 10.6. The number of benzene rings is 3. The molecule has 0 unspecified atom stereocenters. The van der Waals surface area contributed by atoms with Crippen molar-refractivity contribution in [3.05, 3.63) is 105 Å². The quantitative estimate of drug-likeness (QED) is 0.314. The fourth-order valence-electron chi connectivity index (χ4n) is 4.32. The Balaban J connectivity index is 1.49. The van der Waals surface area contributed by atoms with Gasteiger partial charge in [0.15, 0.2) is 0 Å². The Bertz CT molecular complexity index is 1230. The zero-order chi connectivity index (χ0) is 22.1. The van der Waals surface area contributed by atoms with Gasteiger partial charge in [-0.1, -0.05) is 75.6 Å². The SMILES string of the molecule is Fc1cc2[nH]c(C(=C3CCN(Cc4ccccc4)CC3)c3ccc(Br)cc3)nc2cc1Cl. The van der Waals surface area contributed by atoms with Gasteiger partial charge in [0.05, 0.1) is 16.1 Å². The molecule has 4 aromatic rings. The number of nitrogens with zero attached hydrogens (tertiary/aromatic N) is 2. The molecule has 1 aliphatic rings. The number of likely N-dealkylation sites (tertiary alicyclic amines) is 1. The van der Waals surface area contributed by atoms with Crippen molar-refractivity contribution in [1.29, 1.82) is 0 Å². The first-order valence-electron chi connectivity index (χ1n) is 10.7. The minimum atomic E-state index is -0.443. The summed E-state index contributed by atoms with van der Waals surface area (Å²) in [6, 6.07) is 21.9. The van der Waals surface area contributed by atoms with E-state index in [1.165, 1.54) is 17.2 Å². The summed E-state index contributed by atoms with van der Waals surface area (Å²) in [5.74, 6) is 0.317. The van der Waals surface area contributed by atoms with Crippen LogP contribution in [0.25, 0.3) is 16.6 Å². The maximum absolute atomic E-state index is 14.0. The molecule has 0 spiro atoms. The van der Waals surface area contributed by atoms with Crippen molar-refractivity contribution in [2.75, 3.05) is 13.1 Å². The predicted molar refractivity (Wildman–Crippen MR) is 132 cm³/mol. The Kier molecular flexibility index (Phi) is 6.13. The number of H-pyrrole nitrogens is 1. The van der Waals surface area contributed by atoms with Gasteiger partial charge in [0.1, 0.15) is 11.6 Å². The average Bonchev–Trinajstić information content (AvgIpc) is 3.19. The minimum absolute atomic E-state index is 0.0858. The smallest absolute Gasteiger partial charge is 0.144 e. The van der Waals surface area contributed by atoms with Crippen LogP contribution >= 0.6 is 27.5 Å². The van der Waals surface area contributed by atoms with Crippen LogP contribution in [0.1, 0.15) is 29.8 Å². The van der Waals surface area contributed by atoms with Gasteiger partial charge >= 0.3 is 0 Å². The third kappa shape index (κ3) is 4.51. The third-order valence-electron chi connectivity index (χ3n) is 5.96. The number of aromatic nitrogens is 2. The fourth-order valence-corrected chi connectivity index (χ4v) is 4.74. The normalized spacial score (nSPS) is 14.8. The van der Waals surface area contributed by atoms with Crippen molar-refractivity contribution < 1.29 is 4.39 Å². The molecule has 1 N–H and O–H groups in total. The molecule has 0 aliphatic carbocycles. The molecule has 1 aromatic heterocycles. The molecule has 3 nitrogen and oxygen atoms in total. The maximum Gasteiger partial charge on any atom is 0.144 e. The second-order valence-electron chi connectivity index (χ2n) is 8.12. The highest BCUT2D eigenvalue weighted by molar-refractivity contribution is 9.10. The van der Waals surface area contributed by atoms with Gasteiger partial charge in [-0.05, 0) is 42.2 Å². The summed E-state index contributed by atoms with van der Waals surface area (Å²) >= 11 is 9.52. The predicted octanol–water partition coefficient (Wildman–Crippen LogP) is 7.22. The van der Waals surface area contributed by atoms with Gasteiger partial charge < -0.3 is 4.98 Å². The van der Waals surface area contributed by atoms with Crippen molar-refractivity contribution in [3.63, 3.8) is 0 Å².